The van der Waals surface area contributed by atoms with Crippen molar-refractivity contribution >= 4 is 17.2 Å². The number of benzene rings is 1. The SMILES string of the molecule is CCN[C@H](C)CNC(=O)c1cc(-c2cccs2)n(-c2ccccc2)n1. The second kappa shape index (κ2) is 8.09. The van der Waals surface area contributed by atoms with Crippen molar-refractivity contribution in [2.24, 2.45) is 0 Å². The summed E-state index contributed by atoms with van der Waals surface area (Å²) in [7, 11) is 0. The highest BCUT2D eigenvalue weighted by atomic mass is 32.1. The molecule has 1 amide bonds. The van der Waals surface area contributed by atoms with Crippen molar-refractivity contribution in [1.29, 1.82) is 0 Å². The number of likely N-dealkylation sites (N-methyl/N-ethyl adjacent to an activating group) is 1. The fourth-order valence-corrected chi connectivity index (χ4v) is 3.34. The van der Waals surface area contributed by atoms with Gasteiger partial charge in [-0.25, -0.2) is 4.68 Å². The number of thiophene rings is 1. The fraction of sp³-hybridized carbons (Fsp3) is 0.263. The van der Waals surface area contributed by atoms with Gasteiger partial charge in [0.15, 0.2) is 5.69 Å². The molecule has 3 rings (SSSR count). The summed E-state index contributed by atoms with van der Waals surface area (Å²) >= 11 is 1.63. The van der Waals surface area contributed by atoms with Crippen LogP contribution in [-0.4, -0.2) is 34.8 Å². The third-order valence-corrected chi connectivity index (χ3v) is 4.73. The molecule has 6 heteroatoms. The van der Waals surface area contributed by atoms with Gasteiger partial charge < -0.3 is 10.6 Å². The summed E-state index contributed by atoms with van der Waals surface area (Å²) in [6.07, 6.45) is 0. The number of rotatable bonds is 7. The standard InChI is InChI=1S/C19H22N4OS/c1-3-20-14(2)13-21-19(24)16-12-17(18-10-7-11-25-18)23(22-16)15-8-5-4-6-9-15/h4-12,14,20H,3,13H2,1-2H3,(H,21,24)/t14-/m1/s1. The Morgan fingerprint density at radius 1 is 1.24 bits per heavy atom. The van der Waals surface area contributed by atoms with E-state index in [1.807, 2.05) is 72.4 Å². The molecule has 0 fully saturated rings. The van der Waals surface area contributed by atoms with E-state index in [0.29, 0.717) is 12.2 Å². The third-order valence-electron chi connectivity index (χ3n) is 3.84. The molecule has 2 heterocycles. The molecular weight excluding hydrogens is 332 g/mol. The number of para-hydroxylation sites is 1. The average molecular weight is 354 g/mol. The Hall–Kier alpha value is -2.44. The summed E-state index contributed by atoms with van der Waals surface area (Å²) in [6, 6.07) is 16.0. The number of aromatic nitrogens is 2. The van der Waals surface area contributed by atoms with E-state index in [-0.39, 0.29) is 11.9 Å². The van der Waals surface area contributed by atoms with Crippen molar-refractivity contribution in [3.8, 4) is 16.3 Å². The van der Waals surface area contributed by atoms with Crippen LogP contribution in [0.2, 0.25) is 0 Å². The molecule has 0 spiro atoms. The summed E-state index contributed by atoms with van der Waals surface area (Å²) in [6.45, 7) is 5.54. The predicted octanol–water partition coefficient (Wildman–Crippen LogP) is 3.33. The number of hydrogen-bond donors (Lipinski definition) is 2. The maximum atomic E-state index is 12.5. The van der Waals surface area contributed by atoms with Crippen LogP contribution >= 0.6 is 11.3 Å². The first-order chi connectivity index (χ1) is 12.2. The van der Waals surface area contributed by atoms with E-state index in [1.54, 1.807) is 11.3 Å². The molecule has 0 aliphatic rings. The first kappa shape index (κ1) is 17.4. The Morgan fingerprint density at radius 3 is 2.72 bits per heavy atom. The molecule has 0 aliphatic heterocycles. The smallest absolute Gasteiger partial charge is 0.271 e. The fourth-order valence-electron chi connectivity index (χ4n) is 2.61. The van der Waals surface area contributed by atoms with Gasteiger partial charge in [0.2, 0.25) is 0 Å². The van der Waals surface area contributed by atoms with Gasteiger partial charge in [0.25, 0.3) is 5.91 Å². The van der Waals surface area contributed by atoms with Gasteiger partial charge >= 0.3 is 0 Å². The minimum Gasteiger partial charge on any atom is -0.349 e. The molecule has 1 aromatic carbocycles. The normalized spacial score (nSPS) is 12.1. The molecule has 0 saturated heterocycles. The molecule has 0 unspecified atom stereocenters. The molecular formula is C19H22N4OS. The molecule has 5 nitrogen and oxygen atoms in total. The number of carbonyl (C=O) groups is 1. The lowest BCUT2D eigenvalue weighted by atomic mass is 10.2. The van der Waals surface area contributed by atoms with Crippen molar-refractivity contribution < 1.29 is 4.79 Å². The monoisotopic (exact) mass is 354 g/mol. The van der Waals surface area contributed by atoms with Gasteiger partial charge in [-0.2, -0.15) is 5.10 Å². The highest BCUT2D eigenvalue weighted by Crippen LogP contribution is 2.27. The van der Waals surface area contributed by atoms with Crippen LogP contribution in [0.25, 0.3) is 16.3 Å². The van der Waals surface area contributed by atoms with Crippen molar-refractivity contribution in [3.05, 3.63) is 59.6 Å². The number of amides is 1. The van der Waals surface area contributed by atoms with Crippen LogP contribution in [0.4, 0.5) is 0 Å². The van der Waals surface area contributed by atoms with Crippen molar-refractivity contribution in [2.45, 2.75) is 19.9 Å². The Bertz CT molecular complexity index is 811. The van der Waals surface area contributed by atoms with Crippen LogP contribution in [0.5, 0.6) is 0 Å². The molecule has 0 saturated carbocycles. The number of carbonyl (C=O) groups excluding carboxylic acids is 1. The molecule has 2 aromatic heterocycles. The molecule has 130 valence electrons. The molecule has 0 radical (unpaired) electrons. The lowest BCUT2D eigenvalue weighted by Crippen LogP contribution is -2.38. The van der Waals surface area contributed by atoms with E-state index in [2.05, 4.69) is 15.7 Å². The second-order valence-corrected chi connectivity index (χ2v) is 6.76. The lowest BCUT2D eigenvalue weighted by Gasteiger charge is -2.12. The molecule has 2 N–H and O–H groups in total. The van der Waals surface area contributed by atoms with E-state index in [1.165, 1.54) is 0 Å². The van der Waals surface area contributed by atoms with Gasteiger partial charge in [-0.15, -0.1) is 11.3 Å². The van der Waals surface area contributed by atoms with Crippen LogP contribution in [0, 0.1) is 0 Å². The summed E-state index contributed by atoms with van der Waals surface area (Å²) in [4.78, 5) is 13.6. The molecule has 1 atom stereocenters. The van der Waals surface area contributed by atoms with Crippen molar-refractivity contribution in [1.82, 2.24) is 20.4 Å². The van der Waals surface area contributed by atoms with Gasteiger partial charge in [0, 0.05) is 12.6 Å². The maximum Gasteiger partial charge on any atom is 0.271 e. The minimum absolute atomic E-state index is 0.155. The zero-order valence-corrected chi connectivity index (χ0v) is 15.2. The highest BCUT2D eigenvalue weighted by molar-refractivity contribution is 7.13. The Labute approximate surface area is 151 Å². The summed E-state index contributed by atoms with van der Waals surface area (Å²) in [5.74, 6) is -0.155. The van der Waals surface area contributed by atoms with E-state index in [0.717, 1.165) is 22.8 Å². The average Bonchev–Trinajstić information content (AvgIpc) is 3.30. The minimum atomic E-state index is -0.155. The zero-order chi connectivity index (χ0) is 17.6. The number of nitrogens with zero attached hydrogens (tertiary/aromatic N) is 2. The predicted molar refractivity (Wildman–Crippen MR) is 102 cm³/mol. The number of hydrogen-bond acceptors (Lipinski definition) is 4. The largest absolute Gasteiger partial charge is 0.349 e. The zero-order valence-electron chi connectivity index (χ0n) is 14.4. The number of nitrogens with one attached hydrogen (secondary N) is 2. The molecule has 25 heavy (non-hydrogen) atoms. The van der Waals surface area contributed by atoms with Gasteiger partial charge in [0.05, 0.1) is 16.3 Å². The summed E-state index contributed by atoms with van der Waals surface area (Å²) in [5, 5.41) is 12.8. The van der Waals surface area contributed by atoms with E-state index >= 15 is 0 Å². The van der Waals surface area contributed by atoms with Gasteiger partial charge in [-0.3, -0.25) is 4.79 Å². The van der Waals surface area contributed by atoms with Crippen LogP contribution < -0.4 is 10.6 Å². The first-order valence-corrected chi connectivity index (χ1v) is 9.28. The van der Waals surface area contributed by atoms with Gasteiger partial charge in [0.1, 0.15) is 0 Å². The van der Waals surface area contributed by atoms with Crippen LogP contribution in [0.15, 0.2) is 53.9 Å². The summed E-state index contributed by atoms with van der Waals surface area (Å²) < 4.78 is 1.83. The second-order valence-electron chi connectivity index (χ2n) is 5.81. The Kier molecular flexibility index (Phi) is 5.63. The Morgan fingerprint density at radius 2 is 2.04 bits per heavy atom. The van der Waals surface area contributed by atoms with Crippen LogP contribution in [-0.2, 0) is 0 Å². The highest BCUT2D eigenvalue weighted by Gasteiger charge is 2.17. The van der Waals surface area contributed by atoms with Crippen LogP contribution in [0.1, 0.15) is 24.3 Å². The van der Waals surface area contributed by atoms with Crippen molar-refractivity contribution in [3.63, 3.8) is 0 Å². The third kappa shape index (κ3) is 4.15. The topological polar surface area (TPSA) is 58.9 Å². The lowest BCUT2D eigenvalue weighted by molar-refractivity contribution is 0.0945. The molecule has 3 aromatic rings. The maximum absolute atomic E-state index is 12.5. The van der Waals surface area contributed by atoms with E-state index in [4.69, 9.17) is 0 Å². The molecule has 0 bridgehead atoms. The Balaban J connectivity index is 1.87. The van der Waals surface area contributed by atoms with Crippen LogP contribution in [0.3, 0.4) is 0 Å². The quantitative estimate of drug-likeness (QED) is 0.684. The molecule has 0 aliphatic carbocycles. The van der Waals surface area contributed by atoms with E-state index in [9.17, 15) is 4.79 Å². The van der Waals surface area contributed by atoms with Gasteiger partial charge in [-0.05, 0) is 43.1 Å². The summed E-state index contributed by atoms with van der Waals surface area (Å²) in [5.41, 5.74) is 2.29. The van der Waals surface area contributed by atoms with Gasteiger partial charge in [-0.1, -0.05) is 31.2 Å². The van der Waals surface area contributed by atoms with E-state index < -0.39 is 0 Å². The van der Waals surface area contributed by atoms with Crippen molar-refractivity contribution in [2.75, 3.05) is 13.1 Å². The first-order valence-electron chi connectivity index (χ1n) is 8.40.